The van der Waals surface area contributed by atoms with E-state index in [-0.39, 0.29) is 46.8 Å². The average Bonchev–Trinajstić information content (AvgIpc) is 2.26. The van der Waals surface area contributed by atoms with Gasteiger partial charge in [-0.2, -0.15) is 0 Å². The van der Waals surface area contributed by atoms with Gasteiger partial charge in [-0.25, -0.2) is 13.2 Å². The van der Waals surface area contributed by atoms with Gasteiger partial charge in [-0.3, -0.25) is 0 Å². The summed E-state index contributed by atoms with van der Waals surface area (Å²) >= 11 is 0. The van der Waals surface area contributed by atoms with Crippen LogP contribution in [0.5, 0.6) is 5.75 Å². The Morgan fingerprint density at radius 1 is 1.28 bits per heavy atom. The van der Waals surface area contributed by atoms with Crippen molar-refractivity contribution in [3.63, 3.8) is 0 Å². The minimum Gasteiger partial charge on any atom is -0.744 e. The Morgan fingerprint density at radius 2 is 1.83 bits per heavy atom. The van der Waals surface area contributed by atoms with E-state index in [2.05, 4.69) is 4.74 Å². The Kier molecular flexibility index (Phi) is 7.49. The summed E-state index contributed by atoms with van der Waals surface area (Å²) in [6.45, 7) is 2.08. The van der Waals surface area contributed by atoms with Crippen LogP contribution in [0.3, 0.4) is 0 Å². The van der Waals surface area contributed by atoms with Gasteiger partial charge < -0.3 is 14.0 Å². The van der Waals surface area contributed by atoms with Gasteiger partial charge in [0.15, 0.2) is 0 Å². The van der Waals surface area contributed by atoms with Crippen LogP contribution in [-0.2, 0) is 14.9 Å². The molecule has 0 fully saturated rings. The molecule has 1 aromatic carbocycles. The predicted octanol–water partition coefficient (Wildman–Crippen LogP) is -1.48. The van der Waals surface area contributed by atoms with E-state index >= 15 is 0 Å². The van der Waals surface area contributed by atoms with Crippen molar-refractivity contribution in [2.24, 2.45) is 0 Å². The molecule has 0 saturated heterocycles. The first kappa shape index (κ1) is 17.4. The van der Waals surface area contributed by atoms with E-state index in [1.807, 2.05) is 6.92 Å². The standard InChI is InChI=1S/C10H12O6S.Na/c1-2-7-15-10(11)16-8-3-5-9(6-4-8)17(12,13)14;/h3-6H,2,7H2,1H3,(H,12,13,14);/q;+1/p-1. The van der Waals surface area contributed by atoms with Gasteiger partial charge in [-0.15, -0.1) is 0 Å². The Bertz CT molecular complexity index is 482. The van der Waals surface area contributed by atoms with Gasteiger partial charge in [-0.1, -0.05) is 6.92 Å². The molecule has 0 heterocycles. The van der Waals surface area contributed by atoms with Crippen LogP contribution < -0.4 is 34.3 Å². The summed E-state index contributed by atoms with van der Waals surface area (Å²) in [5.74, 6) is 0.110. The molecule has 0 aliphatic heterocycles. The van der Waals surface area contributed by atoms with Gasteiger partial charge in [0, 0.05) is 0 Å². The van der Waals surface area contributed by atoms with Gasteiger partial charge in [0.1, 0.15) is 15.9 Å². The average molecular weight is 282 g/mol. The predicted molar refractivity (Wildman–Crippen MR) is 56.7 cm³/mol. The van der Waals surface area contributed by atoms with Crippen LogP contribution in [0.1, 0.15) is 13.3 Å². The smallest absolute Gasteiger partial charge is 0.744 e. The fraction of sp³-hybridized carbons (Fsp3) is 0.300. The second-order valence-corrected chi connectivity index (χ2v) is 4.51. The molecule has 0 spiro atoms. The molecule has 0 bridgehead atoms. The molecule has 0 amide bonds. The first-order chi connectivity index (χ1) is 7.93. The fourth-order valence-electron chi connectivity index (χ4n) is 0.985. The summed E-state index contributed by atoms with van der Waals surface area (Å²) in [6, 6.07) is 4.53. The van der Waals surface area contributed by atoms with Crippen molar-refractivity contribution in [2.45, 2.75) is 18.2 Å². The molecule has 1 rings (SSSR count). The number of hydrogen-bond donors (Lipinski definition) is 0. The Labute approximate surface area is 127 Å². The van der Waals surface area contributed by atoms with Crippen LogP contribution in [-0.4, -0.2) is 25.7 Å². The number of hydrogen-bond acceptors (Lipinski definition) is 6. The topological polar surface area (TPSA) is 92.7 Å². The Hall–Kier alpha value is -0.600. The van der Waals surface area contributed by atoms with E-state index in [1.165, 1.54) is 12.1 Å². The van der Waals surface area contributed by atoms with Crippen molar-refractivity contribution in [2.75, 3.05) is 6.61 Å². The molecular formula is C10H11NaO6S. The molecule has 8 heteroatoms. The van der Waals surface area contributed by atoms with Crippen LogP contribution in [0.4, 0.5) is 4.79 Å². The van der Waals surface area contributed by atoms with E-state index in [1.54, 1.807) is 0 Å². The van der Waals surface area contributed by atoms with Crippen molar-refractivity contribution in [1.82, 2.24) is 0 Å². The zero-order valence-electron chi connectivity index (χ0n) is 10.1. The van der Waals surface area contributed by atoms with Crippen LogP contribution in [0.25, 0.3) is 0 Å². The summed E-state index contributed by atoms with van der Waals surface area (Å²) in [4.78, 5) is 10.6. The van der Waals surface area contributed by atoms with Crippen LogP contribution in [0.15, 0.2) is 29.2 Å². The number of benzene rings is 1. The molecule has 0 aliphatic rings. The van der Waals surface area contributed by atoms with Crippen molar-refractivity contribution >= 4 is 16.3 Å². The third-order valence-corrected chi connectivity index (χ3v) is 2.59. The Balaban J connectivity index is 0.00000289. The summed E-state index contributed by atoms with van der Waals surface area (Å²) in [5, 5.41) is 0. The molecule has 18 heavy (non-hydrogen) atoms. The monoisotopic (exact) mass is 282 g/mol. The molecule has 0 unspecified atom stereocenters. The second kappa shape index (κ2) is 7.75. The number of rotatable bonds is 4. The second-order valence-electron chi connectivity index (χ2n) is 3.13. The fourth-order valence-corrected chi connectivity index (χ4v) is 1.45. The van der Waals surface area contributed by atoms with Crippen molar-refractivity contribution in [3.05, 3.63) is 24.3 Å². The maximum Gasteiger partial charge on any atom is 1.00 e. The largest absolute Gasteiger partial charge is 1.00 e. The van der Waals surface area contributed by atoms with Gasteiger partial charge in [0.2, 0.25) is 0 Å². The maximum atomic E-state index is 11.0. The van der Waals surface area contributed by atoms with Gasteiger partial charge in [-0.05, 0) is 30.7 Å². The van der Waals surface area contributed by atoms with Gasteiger partial charge in [0.05, 0.1) is 11.5 Å². The molecule has 0 aliphatic carbocycles. The molecular weight excluding hydrogens is 271 g/mol. The molecule has 0 aromatic heterocycles. The first-order valence-electron chi connectivity index (χ1n) is 4.84. The molecule has 94 valence electrons. The summed E-state index contributed by atoms with van der Waals surface area (Å²) in [5.41, 5.74) is 0. The zero-order chi connectivity index (χ0) is 12.9. The van der Waals surface area contributed by atoms with Gasteiger partial charge in [0.25, 0.3) is 0 Å². The summed E-state index contributed by atoms with van der Waals surface area (Å²) in [7, 11) is -4.48. The molecule has 0 saturated carbocycles. The van der Waals surface area contributed by atoms with E-state index in [4.69, 9.17) is 4.74 Å². The molecule has 1 aromatic rings. The first-order valence-corrected chi connectivity index (χ1v) is 6.25. The number of ether oxygens (including phenoxy) is 2. The van der Waals surface area contributed by atoms with Crippen LogP contribution >= 0.6 is 0 Å². The van der Waals surface area contributed by atoms with E-state index in [9.17, 15) is 17.8 Å². The SMILES string of the molecule is CCCOC(=O)Oc1ccc(S(=O)(=O)[O-])cc1.[Na+]. The molecule has 0 atom stereocenters. The number of carbonyl (C=O) groups is 1. The Morgan fingerprint density at radius 3 is 2.28 bits per heavy atom. The van der Waals surface area contributed by atoms with Crippen molar-refractivity contribution in [3.8, 4) is 5.75 Å². The summed E-state index contributed by atoms with van der Waals surface area (Å²) < 4.78 is 41.2. The maximum absolute atomic E-state index is 11.0. The van der Waals surface area contributed by atoms with E-state index in [0.29, 0.717) is 6.42 Å². The third-order valence-electron chi connectivity index (χ3n) is 1.74. The van der Waals surface area contributed by atoms with Crippen LogP contribution in [0, 0.1) is 0 Å². The number of carbonyl (C=O) groups excluding carboxylic acids is 1. The quantitative estimate of drug-likeness (QED) is 0.289. The molecule has 0 N–H and O–H groups in total. The van der Waals surface area contributed by atoms with Crippen molar-refractivity contribution < 1.29 is 56.8 Å². The third kappa shape index (κ3) is 5.83. The van der Waals surface area contributed by atoms with E-state index < -0.39 is 16.3 Å². The zero-order valence-corrected chi connectivity index (χ0v) is 12.9. The molecule has 0 radical (unpaired) electrons. The van der Waals surface area contributed by atoms with Crippen molar-refractivity contribution in [1.29, 1.82) is 0 Å². The van der Waals surface area contributed by atoms with Crippen LogP contribution in [0.2, 0.25) is 0 Å². The summed E-state index contributed by atoms with van der Waals surface area (Å²) in [6.07, 6.45) is -0.202. The normalized spacial score (nSPS) is 10.3. The molecule has 6 nitrogen and oxygen atoms in total. The minimum absolute atomic E-state index is 0. The van der Waals surface area contributed by atoms with Gasteiger partial charge >= 0.3 is 35.7 Å². The minimum atomic E-state index is -4.48. The van der Waals surface area contributed by atoms with E-state index in [0.717, 1.165) is 12.1 Å².